The summed E-state index contributed by atoms with van der Waals surface area (Å²) < 4.78 is 43.9. The largest absolute Gasteiger partial charge is 0.444 e. The molecule has 0 radical (unpaired) electrons. The maximum Gasteiger partial charge on any atom is 0.417 e. The van der Waals surface area contributed by atoms with E-state index >= 15 is 0 Å². The van der Waals surface area contributed by atoms with Crippen LogP contribution in [0.5, 0.6) is 0 Å². The minimum absolute atomic E-state index is 0.152. The second-order valence-electron chi connectivity index (χ2n) is 7.08. The molecule has 1 N–H and O–H groups in total. The third-order valence-electron chi connectivity index (χ3n) is 3.91. The van der Waals surface area contributed by atoms with Crippen LogP contribution in [-0.4, -0.2) is 41.4 Å². The van der Waals surface area contributed by atoms with Crippen LogP contribution in [0.1, 0.15) is 38.3 Å². The number of aliphatic hydroxyl groups excluding tert-OH is 1. The van der Waals surface area contributed by atoms with Gasteiger partial charge in [0.05, 0.1) is 17.2 Å². The molecule has 1 amide bonds. The molecule has 1 heterocycles. The number of amides is 1. The number of aliphatic hydroxyl groups is 1. The SMILES string of the molecule is CC(C)(C)OC(=O)N1CCC(c2ccc(C(F)(F)F)c(Cl)c2)=C(CO)C1. The Labute approximate surface area is 155 Å². The van der Waals surface area contributed by atoms with Crippen molar-refractivity contribution in [3.8, 4) is 0 Å². The van der Waals surface area contributed by atoms with Crippen molar-refractivity contribution in [3.05, 3.63) is 39.9 Å². The molecule has 1 aliphatic heterocycles. The minimum atomic E-state index is -4.52. The predicted octanol–water partition coefficient (Wildman–Crippen LogP) is 4.75. The molecular formula is C18H21ClF3NO3. The van der Waals surface area contributed by atoms with E-state index in [-0.39, 0.29) is 13.2 Å². The molecule has 0 aromatic heterocycles. The van der Waals surface area contributed by atoms with Gasteiger partial charge in [0.25, 0.3) is 0 Å². The summed E-state index contributed by atoms with van der Waals surface area (Å²) in [7, 11) is 0. The number of hydrogen-bond acceptors (Lipinski definition) is 3. The van der Waals surface area contributed by atoms with Crippen LogP contribution < -0.4 is 0 Å². The summed E-state index contributed by atoms with van der Waals surface area (Å²) in [6, 6.07) is 3.52. The third-order valence-corrected chi connectivity index (χ3v) is 4.22. The van der Waals surface area contributed by atoms with Gasteiger partial charge in [-0.3, -0.25) is 0 Å². The lowest BCUT2D eigenvalue weighted by atomic mass is 9.93. The Morgan fingerprint density at radius 2 is 1.96 bits per heavy atom. The van der Waals surface area contributed by atoms with Gasteiger partial charge in [-0.15, -0.1) is 0 Å². The molecule has 0 fully saturated rings. The van der Waals surface area contributed by atoms with E-state index in [1.807, 2.05) is 0 Å². The number of halogens is 4. The van der Waals surface area contributed by atoms with Gasteiger partial charge < -0.3 is 14.7 Å². The van der Waals surface area contributed by atoms with Crippen LogP contribution in [0.2, 0.25) is 5.02 Å². The second-order valence-corrected chi connectivity index (χ2v) is 7.49. The number of benzene rings is 1. The molecular weight excluding hydrogens is 371 g/mol. The number of alkyl halides is 3. The minimum Gasteiger partial charge on any atom is -0.444 e. The number of hydrogen-bond donors (Lipinski definition) is 1. The highest BCUT2D eigenvalue weighted by atomic mass is 35.5. The van der Waals surface area contributed by atoms with Crippen LogP contribution in [0.4, 0.5) is 18.0 Å². The summed E-state index contributed by atoms with van der Waals surface area (Å²) in [5.41, 5.74) is 0.221. The van der Waals surface area contributed by atoms with Crippen molar-refractivity contribution in [2.45, 2.75) is 39.0 Å². The molecule has 1 aromatic carbocycles. The summed E-state index contributed by atoms with van der Waals surface area (Å²) in [5.74, 6) is 0. The van der Waals surface area contributed by atoms with Crippen molar-refractivity contribution in [1.82, 2.24) is 4.90 Å². The van der Waals surface area contributed by atoms with Crippen LogP contribution in [-0.2, 0) is 10.9 Å². The van der Waals surface area contributed by atoms with E-state index in [4.69, 9.17) is 16.3 Å². The quantitative estimate of drug-likeness (QED) is 0.791. The summed E-state index contributed by atoms with van der Waals surface area (Å²) in [6.07, 6.45) is -4.63. The van der Waals surface area contributed by atoms with Crippen LogP contribution in [0.3, 0.4) is 0 Å². The number of rotatable bonds is 2. The van der Waals surface area contributed by atoms with Crippen LogP contribution in [0.15, 0.2) is 23.8 Å². The van der Waals surface area contributed by atoms with Crippen LogP contribution in [0.25, 0.3) is 5.57 Å². The highest BCUT2D eigenvalue weighted by Gasteiger charge is 2.33. The fraction of sp³-hybridized carbons (Fsp3) is 0.500. The smallest absolute Gasteiger partial charge is 0.417 e. The molecule has 0 saturated carbocycles. The third kappa shape index (κ3) is 4.92. The van der Waals surface area contributed by atoms with E-state index in [0.29, 0.717) is 29.7 Å². The maximum absolute atomic E-state index is 12.8. The van der Waals surface area contributed by atoms with Crippen molar-refractivity contribution in [3.63, 3.8) is 0 Å². The predicted molar refractivity (Wildman–Crippen MR) is 92.9 cm³/mol. The summed E-state index contributed by atoms with van der Waals surface area (Å²) in [6.45, 7) is 5.45. The van der Waals surface area contributed by atoms with Crippen LogP contribution in [0, 0.1) is 0 Å². The van der Waals surface area contributed by atoms with Gasteiger partial charge in [0.2, 0.25) is 0 Å². The standard InChI is InChI=1S/C18H21ClF3NO3/c1-17(2,3)26-16(25)23-7-6-13(12(9-23)10-24)11-4-5-14(15(19)8-11)18(20,21)22/h4-5,8,24H,6-7,9-10H2,1-3H3. The summed E-state index contributed by atoms with van der Waals surface area (Å²) in [5, 5.41) is 9.26. The van der Waals surface area contributed by atoms with Gasteiger partial charge in [-0.1, -0.05) is 17.7 Å². The fourth-order valence-electron chi connectivity index (χ4n) is 2.74. The number of carbonyl (C=O) groups is 1. The number of carbonyl (C=O) groups excluding carboxylic acids is 1. The Morgan fingerprint density at radius 1 is 1.31 bits per heavy atom. The Hall–Kier alpha value is -1.73. The molecule has 0 bridgehead atoms. The first-order chi connectivity index (χ1) is 11.9. The lowest BCUT2D eigenvalue weighted by Gasteiger charge is -2.32. The van der Waals surface area contributed by atoms with E-state index in [1.165, 1.54) is 17.0 Å². The molecule has 0 saturated heterocycles. The van der Waals surface area contributed by atoms with Crippen molar-refractivity contribution < 1.29 is 27.8 Å². The molecule has 2 rings (SSSR count). The monoisotopic (exact) mass is 391 g/mol. The van der Waals surface area contributed by atoms with E-state index in [9.17, 15) is 23.1 Å². The Kier molecular flexibility index (Phi) is 5.92. The molecule has 144 valence electrons. The zero-order chi connectivity index (χ0) is 19.7. The summed E-state index contributed by atoms with van der Waals surface area (Å²) >= 11 is 5.79. The molecule has 1 aromatic rings. The first kappa shape index (κ1) is 20.6. The van der Waals surface area contributed by atoms with E-state index < -0.39 is 28.5 Å². The summed E-state index contributed by atoms with van der Waals surface area (Å²) in [4.78, 5) is 13.6. The van der Waals surface area contributed by atoms with Gasteiger partial charge in [-0.2, -0.15) is 13.2 Å². The zero-order valence-corrected chi connectivity index (χ0v) is 15.5. The zero-order valence-electron chi connectivity index (χ0n) is 14.8. The van der Waals surface area contributed by atoms with Crippen molar-refractivity contribution in [2.24, 2.45) is 0 Å². The second kappa shape index (κ2) is 7.48. The maximum atomic E-state index is 12.8. The van der Waals surface area contributed by atoms with Crippen molar-refractivity contribution in [2.75, 3.05) is 19.7 Å². The van der Waals surface area contributed by atoms with Gasteiger partial charge in [0.15, 0.2) is 0 Å². The van der Waals surface area contributed by atoms with E-state index in [1.54, 1.807) is 20.8 Å². The molecule has 0 unspecified atom stereocenters. The van der Waals surface area contributed by atoms with Crippen LogP contribution >= 0.6 is 11.6 Å². The molecule has 0 atom stereocenters. The molecule has 26 heavy (non-hydrogen) atoms. The van der Waals surface area contributed by atoms with Crippen molar-refractivity contribution in [1.29, 1.82) is 0 Å². The number of ether oxygens (including phenoxy) is 1. The molecule has 0 spiro atoms. The Balaban J connectivity index is 2.27. The first-order valence-corrected chi connectivity index (χ1v) is 8.47. The molecule has 0 aliphatic carbocycles. The highest BCUT2D eigenvalue weighted by molar-refractivity contribution is 6.31. The van der Waals surface area contributed by atoms with E-state index in [0.717, 1.165) is 6.07 Å². The highest BCUT2D eigenvalue weighted by Crippen LogP contribution is 2.37. The Morgan fingerprint density at radius 3 is 2.46 bits per heavy atom. The fourth-order valence-corrected chi connectivity index (χ4v) is 3.03. The van der Waals surface area contributed by atoms with E-state index in [2.05, 4.69) is 0 Å². The average molecular weight is 392 g/mol. The lowest BCUT2D eigenvalue weighted by Crippen LogP contribution is -2.41. The first-order valence-electron chi connectivity index (χ1n) is 8.09. The Bertz CT molecular complexity index is 723. The van der Waals surface area contributed by atoms with Gasteiger partial charge in [0, 0.05) is 13.1 Å². The van der Waals surface area contributed by atoms with Crippen molar-refractivity contribution >= 4 is 23.3 Å². The molecule has 4 nitrogen and oxygen atoms in total. The van der Waals surface area contributed by atoms with Gasteiger partial charge in [-0.05, 0) is 56.0 Å². The average Bonchev–Trinajstić information content (AvgIpc) is 2.51. The lowest BCUT2D eigenvalue weighted by molar-refractivity contribution is -0.137. The molecule has 8 heteroatoms. The topological polar surface area (TPSA) is 49.8 Å². The van der Waals surface area contributed by atoms with Gasteiger partial charge in [0.1, 0.15) is 5.60 Å². The van der Waals surface area contributed by atoms with Gasteiger partial charge >= 0.3 is 12.3 Å². The normalized spacial score (nSPS) is 16.1. The number of nitrogens with zero attached hydrogens (tertiary/aromatic N) is 1. The van der Waals surface area contributed by atoms with Gasteiger partial charge in [-0.25, -0.2) is 4.79 Å². The molecule has 1 aliphatic rings.